The van der Waals surface area contributed by atoms with Crippen LogP contribution in [-0.2, 0) is 11.8 Å². The largest absolute Gasteiger partial charge is 0.495 e. The number of aromatic nitrogens is 4. The van der Waals surface area contributed by atoms with Gasteiger partial charge >= 0.3 is 11.7 Å². The third kappa shape index (κ3) is 3.95. The molecule has 5 aromatic rings. The van der Waals surface area contributed by atoms with Gasteiger partial charge in [0.2, 0.25) is 0 Å². The van der Waals surface area contributed by atoms with Crippen molar-refractivity contribution in [1.82, 2.24) is 18.7 Å². The highest BCUT2D eigenvalue weighted by Gasteiger charge is 2.21. The molecule has 3 aromatic heterocycles. The number of thiophene rings is 1. The van der Waals surface area contributed by atoms with Gasteiger partial charge < -0.3 is 14.0 Å². The van der Waals surface area contributed by atoms with Crippen LogP contribution in [0.5, 0.6) is 5.75 Å². The van der Waals surface area contributed by atoms with E-state index in [0.29, 0.717) is 27.2 Å². The van der Waals surface area contributed by atoms with Crippen LogP contribution in [0.3, 0.4) is 0 Å². The van der Waals surface area contributed by atoms with Crippen molar-refractivity contribution >= 4 is 27.5 Å². The highest BCUT2D eigenvalue weighted by atomic mass is 32.1. The van der Waals surface area contributed by atoms with E-state index >= 15 is 0 Å². The highest BCUT2D eigenvalue weighted by Crippen LogP contribution is 2.39. The van der Waals surface area contributed by atoms with Crippen molar-refractivity contribution in [3.05, 3.63) is 92.6 Å². The number of carbonyl (C=O) groups excluding carboxylic acids is 1. The molecule has 0 bridgehead atoms. The summed E-state index contributed by atoms with van der Waals surface area (Å²) in [5.74, 6) is 0.161. The van der Waals surface area contributed by atoms with Crippen molar-refractivity contribution in [3.8, 4) is 27.6 Å². The van der Waals surface area contributed by atoms with Crippen molar-refractivity contribution in [2.45, 2.75) is 13.8 Å². The first-order chi connectivity index (χ1) is 17.7. The van der Waals surface area contributed by atoms with Gasteiger partial charge in [0.1, 0.15) is 10.6 Å². The molecule has 0 N–H and O–H groups in total. The van der Waals surface area contributed by atoms with Crippen LogP contribution < -0.4 is 16.0 Å². The second-order valence-corrected chi connectivity index (χ2v) is 9.56. The Labute approximate surface area is 215 Å². The Kier molecular flexibility index (Phi) is 6.04. The molecule has 2 aromatic carbocycles. The molecule has 5 rings (SSSR count). The van der Waals surface area contributed by atoms with Crippen LogP contribution in [0, 0.1) is 13.8 Å². The van der Waals surface area contributed by atoms with Crippen LogP contribution in [0.15, 0.2) is 64.6 Å². The molecule has 188 valence electrons. The van der Waals surface area contributed by atoms with E-state index in [2.05, 4.69) is 4.98 Å². The molecule has 0 radical (unpaired) electrons. The zero-order chi connectivity index (χ0) is 26.4. The SMILES string of the molecule is COC(=O)c1ccc(-n2c(=O)c3c(C)c(-c4ccc(-n5cnc(C)c5)c(OC)c4)sc3n(C)c2=O)cc1. The second kappa shape index (κ2) is 9.21. The third-order valence-corrected chi connectivity index (χ3v) is 7.72. The minimum Gasteiger partial charge on any atom is -0.495 e. The normalized spacial score (nSPS) is 11.2. The van der Waals surface area contributed by atoms with Crippen LogP contribution in [0.25, 0.3) is 32.0 Å². The quantitative estimate of drug-likeness (QED) is 0.328. The molecular weight excluding hydrogens is 492 g/mol. The molecule has 0 atom stereocenters. The maximum Gasteiger partial charge on any atom is 0.337 e. The lowest BCUT2D eigenvalue weighted by Crippen LogP contribution is -2.37. The Balaban J connectivity index is 1.67. The zero-order valence-corrected chi connectivity index (χ0v) is 21.8. The number of aryl methyl sites for hydroxylation is 3. The van der Waals surface area contributed by atoms with Gasteiger partial charge in [-0.15, -0.1) is 11.3 Å². The van der Waals surface area contributed by atoms with E-state index in [1.807, 2.05) is 42.8 Å². The summed E-state index contributed by atoms with van der Waals surface area (Å²) in [6, 6.07) is 12.0. The molecule has 0 unspecified atom stereocenters. The Bertz CT molecular complexity index is 1790. The van der Waals surface area contributed by atoms with Gasteiger partial charge in [0.05, 0.1) is 48.6 Å². The monoisotopic (exact) mass is 516 g/mol. The van der Waals surface area contributed by atoms with Crippen LogP contribution in [0.4, 0.5) is 0 Å². The first-order valence-electron chi connectivity index (χ1n) is 11.4. The molecule has 0 spiro atoms. The fourth-order valence-corrected chi connectivity index (χ4v) is 5.63. The summed E-state index contributed by atoms with van der Waals surface area (Å²) in [4.78, 5) is 44.4. The van der Waals surface area contributed by atoms with E-state index in [-0.39, 0.29) is 0 Å². The smallest absolute Gasteiger partial charge is 0.337 e. The number of fused-ring (bicyclic) bond motifs is 1. The number of carbonyl (C=O) groups is 1. The van der Waals surface area contributed by atoms with Crippen molar-refractivity contribution in [1.29, 1.82) is 0 Å². The van der Waals surface area contributed by atoms with Gasteiger partial charge in [0, 0.05) is 18.1 Å². The summed E-state index contributed by atoms with van der Waals surface area (Å²) in [5, 5.41) is 0.465. The van der Waals surface area contributed by atoms with Crippen LogP contribution in [0.1, 0.15) is 21.6 Å². The lowest BCUT2D eigenvalue weighted by atomic mass is 10.1. The highest BCUT2D eigenvalue weighted by molar-refractivity contribution is 7.22. The summed E-state index contributed by atoms with van der Waals surface area (Å²) in [7, 11) is 4.55. The first kappa shape index (κ1) is 24.3. The van der Waals surface area contributed by atoms with E-state index in [1.165, 1.54) is 35.1 Å². The number of rotatable bonds is 5. The molecule has 0 aliphatic carbocycles. The second-order valence-electron chi connectivity index (χ2n) is 8.57. The lowest BCUT2D eigenvalue weighted by Gasteiger charge is -2.11. The Morgan fingerprint density at radius 2 is 1.76 bits per heavy atom. The van der Waals surface area contributed by atoms with E-state index in [0.717, 1.165) is 32.0 Å². The van der Waals surface area contributed by atoms with Crippen molar-refractivity contribution in [3.63, 3.8) is 0 Å². The van der Waals surface area contributed by atoms with Crippen molar-refractivity contribution in [2.75, 3.05) is 14.2 Å². The maximum absolute atomic E-state index is 13.6. The number of methoxy groups -OCH3 is 2. The average molecular weight is 517 g/mol. The Hall–Kier alpha value is -4.44. The van der Waals surface area contributed by atoms with Gasteiger partial charge in [-0.1, -0.05) is 6.07 Å². The topological polar surface area (TPSA) is 97.3 Å². The standard InChI is InChI=1S/C27H24N4O5S/c1-15-13-30(14-28-15)20-11-8-18(12-21(20)35-4)23-16(2)22-24(32)31(27(34)29(3)25(22)37-23)19-9-6-17(7-10-19)26(33)36-5/h6-14H,1-5H3. The molecule has 9 nitrogen and oxygen atoms in total. The van der Waals surface area contributed by atoms with Gasteiger partial charge in [-0.3, -0.25) is 9.36 Å². The summed E-state index contributed by atoms with van der Waals surface area (Å²) < 4.78 is 14.9. The van der Waals surface area contributed by atoms with Crippen LogP contribution in [-0.4, -0.2) is 38.9 Å². The van der Waals surface area contributed by atoms with E-state index in [4.69, 9.17) is 9.47 Å². The third-order valence-electron chi connectivity index (χ3n) is 6.31. The predicted molar refractivity (Wildman–Crippen MR) is 143 cm³/mol. The number of hydrogen-bond donors (Lipinski definition) is 0. The summed E-state index contributed by atoms with van der Waals surface area (Å²) in [5.41, 5.74) is 3.19. The molecule has 0 saturated carbocycles. The van der Waals surface area contributed by atoms with Gasteiger partial charge in [-0.25, -0.2) is 19.1 Å². The molecule has 0 amide bonds. The average Bonchev–Trinajstić information content (AvgIpc) is 3.50. The molecule has 3 heterocycles. The van der Waals surface area contributed by atoms with Gasteiger partial charge in [0.15, 0.2) is 0 Å². The van der Waals surface area contributed by atoms with Gasteiger partial charge in [-0.2, -0.15) is 0 Å². The number of esters is 1. The molecule has 37 heavy (non-hydrogen) atoms. The molecule has 10 heteroatoms. The number of nitrogens with zero attached hydrogens (tertiary/aromatic N) is 4. The summed E-state index contributed by atoms with van der Waals surface area (Å²) >= 11 is 1.38. The summed E-state index contributed by atoms with van der Waals surface area (Å²) in [6.45, 7) is 3.80. The van der Waals surface area contributed by atoms with E-state index in [9.17, 15) is 14.4 Å². The number of ether oxygens (including phenoxy) is 2. The Morgan fingerprint density at radius 1 is 1.03 bits per heavy atom. The molecule has 0 fully saturated rings. The number of hydrogen-bond acceptors (Lipinski definition) is 7. The fourth-order valence-electron chi connectivity index (χ4n) is 4.37. The molecular formula is C27H24N4O5S. The van der Waals surface area contributed by atoms with Crippen LogP contribution in [0.2, 0.25) is 0 Å². The number of imidazole rings is 1. The van der Waals surface area contributed by atoms with Gasteiger partial charge in [0.25, 0.3) is 5.56 Å². The zero-order valence-electron chi connectivity index (χ0n) is 20.9. The molecule has 0 saturated heterocycles. The van der Waals surface area contributed by atoms with Crippen LogP contribution >= 0.6 is 11.3 Å². The van der Waals surface area contributed by atoms with Crippen molar-refractivity contribution < 1.29 is 14.3 Å². The number of benzene rings is 2. The predicted octanol–water partition coefficient (Wildman–Crippen LogP) is 4.02. The minimum absolute atomic E-state index is 0.328. The van der Waals surface area contributed by atoms with E-state index in [1.54, 1.807) is 32.6 Å². The lowest BCUT2D eigenvalue weighted by molar-refractivity contribution is 0.0600. The molecule has 0 aliphatic heterocycles. The fraction of sp³-hybridized carbons (Fsp3) is 0.185. The van der Waals surface area contributed by atoms with Crippen molar-refractivity contribution in [2.24, 2.45) is 7.05 Å². The maximum atomic E-state index is 13.6. The first-order valence-corrected chi connectivity index (χ1v) is 12.2. The van der Waals surface area contributed by atoms with E-state index < -0.39 is 17.2 Å². The van der Waals surface area contributed by atoms with Gasteiger partial charge in [-0.05, 0) is 61.4 Å². The Morgan fingerprint density at radius 3 is 2.38 bits per heavy atom. The molecule has 0 aliphatic rings. The minimum atomic E-state index is -0.495. The summed E-state index contributed by atoms with van der Waals surface area (Å²) in [6.07, 6.45) is 3.64.